The number of fused-ring (bicyclic) bond motifs is 1. The van der Waals surface area contributed by atoms with Gasteiger partial charge in [0.15, 0.2) is 5.58 Å². The monoisotopic (exact) mass is 388 g/mol. The summed E-state index contributed by atoms with van der Waals surface area (Å²) in [5, 5.41) is 4.77. The van der Waals surface area contributed by atoms with Gasteiger partial charge in [0.05, 0.1) is 11.6 Å². The summed E-state index contributed by atoms with van der Waals surface area (Å²) in [6, 6.07) is 6.95. The van der Waals surface area contributed by atoms with Crippen molar-refractivity contribution in [3.05, 3.63) is 51.7 Å². The summed E-state index contributed by atoms with van der Waals surface area (Å²) in [7, 11) is 0. The normalized spacial score (nSPS) is 17.6. The van der Waals surface area contributed by atoms with Crippen molar-refractivity contribution in [3.63, 3.8) is 0 Å². The molecule has 27 heavy (non-hydrogen) atoms. The van der Waals surface area contributed by atoms with Gasteiger partial charge in [-0.15, -0.1) is 0 Å². The Balaban J connectivity index is 1.51. The predicted molar refractivity (Wildman–Crippen MR) is 102 cm³/mol. The summed E-state index contributed by atoms with van der Waals surface area (Å²) in [6.07, 6.45) is 3.79. The molecule has 8 heteroatoms. The molecule has 0 radical (unpaired) electrons. The molecule has 1 aliphatic rings. The number of rotatable bonds is 4. The van der Waals surface area contributed by atoms with Crippen LogP contribution in [0.15, 0.2) is 39.7 Å². The highest BCUT2D eigenvalue weighted by Crippen LogP contribution is 2.27. The second-order valence-electron chi connectivity index (χ2n) is 6.93. The van der Waals surface area contributed by atoms with E-state index in [4.69, 9.17) is 16.0 Å². The Morgan fingerprint density at radius 3 is 3.00 bits per heavy atom. The number of oxazole rings is 1. The standard InChI is InChI=1S/C19H21ClN4O3/c1-13-6-8-21-23(13)10-7-18(25)22-9-2-3-15(12-22)24-16-11-14(20)4-5-17(16)27-19(24)26/h4-6,8,11,15H,2-3,7,9-10,12H2,1H3/t15-/m0/s1. The Labute approximate surface area is 161 Å². The number of carbonyl (C=O) groups excluding carboxylic acids is 1. The van der Waals surface area contributed by atoms with Crippen LogP contribution in [-0.2, 0) is 11.3 Å². The van der Waals surface area contributed by atoms with E-state index < -0.39 is 5.76 Å². The molecule has 3 aromatic rings. The van der Waals surface area contributed by atoms with E-state index in [1.165, 1.54) is 0 Å². The molecule has 0 saturated carbocycles. The zero-order valence-electron chi connectivity index (χ0n) is 15.1. The summed E-state index contributed by atoms with van der Waals surface area (Å²) >= 11 is 6.09. The second-order valence-corrected chi connectivity index (χ2v) is 7.37. The lowest BCUT2D eigenvalue weighted by atomic mass is 10.0. The van der Waals surface area contributed by atoms with Crippen molar-refractivity contribution in [2.24, 2.45) is 0 Å². The third-order valence-corrected chi connectivity index (χ3v) is 5.39. The van der Waals surface area contributed by atoms with Crippen molar-refractivity contribution in [1.82, 2.24) is 19.2 Å². The van der Waals surface area contributed by atoms with Gasteiger partial charge in [-0.05, 0) is 44.0 Å². The number of hydrogen-bond acceptors (Lipinski definition) is 4. The summed E-state index contributed by atoms with van der Waals surface area (Å²) < 4.78 is 8.81. The highest BCUT2D eigenvalue weighted by atomic mass is 35.5. The molecule has 2 aromatic heterocycles. The first kappa shape index (κ1) is 17.9. The van der Waals surface area contributed by atoms with Gasteiger partial charge in [-0.3, -0.25) is 14.0 Å². The molecule has 7 nitrogen and oxygen atoms in total. The van der Waals surface area contributed by atoms with Crippen LogP contribution < -0.4 is 5.76 Å². The lowest BCUT2D eigenvalue weighted by molar-refractivity contribution is -0.133. The Morgan fingerprint density at radius 2 is 2.22 bits per heavy atom. The largest absolute Gasteiger partial charge is 0.420 e. The Bertz CT molecular complexity index is 1040. The molecule has 1 fully saturated rings. The third-order valence-electron chi connectivity index (χ3n) is 5.16. The lowest BCUT2D eigenvalue weighted by Crippen LogP contribution is -2.42. The van der Waals surface area contributed by atoms with E-state index >= 15 is 0 Å². The number of aromatic nitrogens is 3. The van der Waals surface area contributed by atoms with Crippen molar-refractivity contribution in [2.75, 3.05) is 13.1 Å². The molecule has 0 N–H and O–H groups in total. The van der Waals surface area contributed by atoms with Gasteiger partial charge in [0, 0.05) is 43.0 Å². The number of hydrogen-bond donors (Lipinski definition) is 0. The van der Waals surface area contributed by atoms with E-state index in [-0.39, 0.29) is 11.9 Å². The highest BCUT2D eigenvalue weighted by Gasteiger charge is 2.27. The molecule has 4 rings (SSSR count). The van der Waals surface area contributed by atoms with Crippen molar-refractivity contribution in [1.29, 1.82) is 0 Å². The summed E-state index contributed by atoms with van der Waals surface area (Å²) in [4.78, 5) is 26.9. The summed E-state index contributed by atoms with van der Waals surface area (Å²) in [5.41, 5.74) is 2.23. The van der Waals surface area contributed by atoms with E-state index in [2.05, 4.69) is 5.10 Å². The van der Waals surface area contributed by atoms with Crippen molar-refractivity contribution in [2.45, 2.75) is 38.8 Å². The predicted octanol–water partition coefficient (Wildman–Crippen LogP) is 3.01. The fraction of sp³-hybridized carbons (Fsp3) is 0.421. The molecule has 1 aromatic carbocycles. The molecule has 142 valence electrons. The first-order valence-electron chi connectivity index (χ1n) is 9.10. The summed E-state index contributed by atoms with van der Waals surface area (Å²) in [6.45, 7) is 3.73. The Kier molecular flexibility index (Phi) is 4.78. The fourth-order valence-corrected chi connectivity index (χ4v) is 3.90. The van der Waals surface area contributed by atoms with Crippen LogP contribution in [0.2, 0.25) is 5.02 Å². The number of halogens is 1. The maximum atomic E-state index is 12.7. The molecular formula is C19H21ClN4O3. The Morgan fingerprint density at radius 1 is 1.37 bits per heavy atom. The minimum absolute atomic E-state index is 0.0773. The molecule has 1 aliphatic heterocycles. The van der Waals surface area contributed by atoms with Gasteiger partial charge in [-0.1, -0.05) is 11.6 Å². The fourth-order valence-electron chi connectivity index (χ4n) is 3.74. The Hall–Kier alpha value is -2.54. The molecule has 0 spiro atoms. The average Bonchev–Trinajstić information content (AvgIpc) is 3.21. The van der Waals surface area contributed by atoms with E-state index in [1.54, 1.807) is 29.0 Å². The van der Waals surface area contributed by atoms with Gasteiger partial charge >= 0.3 is 5.76 Å². The van der Waals surface area contributed by atoms with Crippen LogP contribution in [0, 0.1) is 6.92 Å². The maximum Gasteiger partial charge on any atom is 0.420 e. The molecular weight excluding hydrogens is 368 g/mol. The van der Waals surface area contributed by atoms with Crippen molar-refractivity contribution < 1.29 is 9.21 Å². The summed E-state index contributed by atoms with van der Waals surface area (Å²) in [5.74, 6) is -0.327. The van der Waals surface area contributed by atoms with Gasteiger partial charge in [0.1, 0.15) is 0 Å². The molecule has 0 aliphatic carbocycles. The number of likely N-dealkylation sites (tertiary alicyclic amines) is 1. The van der Waals surface area contributed by atoms with Crippen LogP contribution >= 0.6 is 11.6 Å². The third kappa shape index (κ3) is 3.51. The first-order chi connectivity index (χ1) is 13.0. The second kappa shape index (κ2) is 7.23. The number of nitrogens with zero attached hydrogens (tertiary/aromatic N) is 4. The molecule has 1 atom stereocenters. The van der Waals surface area contributed by atoms with E-state index in [0.29, 0.717) is 42.2 Å². The van der Waals surface area contributed by atoms with Gasteiger partial charge < -0.3 is 9.32 Å². The van der Waals surface area contributed by atoms with Crippen LogP contribution in [0.4, 0.5) is 0 Å². The van der Waals surface area contributed by atoms with E-state index in [1.807, 2.05) is 22.6 Å². The van der Waals surface area contributed by atoms with Crippen molar-refractivity contribution in [3.8, 4) is 0 Å². The number of aryl methyl sites for hydroxylation is 2. The molecule has 1 saturated heterocycles. The first-order valence-corrected chi connectivity index (χ1v) is 9.47. The molecule has 0 bridgehead atoms. The maximum absolute atomic E-state index is 12.7. The van der Waals surface area contributed by atoms with Gasteiger partial charge in [0.2, 0.25) is 5.91 Å². The van der Waals surface area contributed by atoms with Gasteiger partial charge in [-0.2, -0.15) is 5.10 Å². The quantitative estimate of drug-likeness (QED) is 0.688. The highest BCUT2D eigenvalue weighted by molar-refractivity contribution is 6.31. The van der Waals surface area contributed by atoms with Crippen LogP contribution in [0.25, 0.3) is 11.1 Å². The number of benzene rings is 1. The molecule has 3 heterocycles. The van der Waals surface area contributed by atoms with Gasteiger partial charge in [-0.25, -0.2) is 4.79 Å². The molecule has 1 amide bonds. The lowest BCUT2D eigenvalue weighted by Gasteiger charge is -2.33. The van der Waals surface area contributed by atoms with Crippen LogP contribution in [-0.4, -0.2) is 38.2 Å². The van der Waals surface area contributed by atoms with Crippen LogP contribution in [0.1, 0.15) is 31.0 Å². The zero-order chi connectivity index (χ0) is 19.0. The van der Waals surface area contributed by atoms with Crippen LogP contribution in [0.3, 0.4) is 0 Å². The topological polar surface area (TPSA) is 73.3 Å². The van der Waals surface area contributed by atoms with Gasteiger partial charge in [0.25, 0.3) is 0 Å². The SMILES string of the molecule is Cc1ccnn1CCC(=O)N1CCC[C@H](n2c(=O)oc3ccc(Cl)cc32)C1. The smallest absolute Gasteiger partial charge is 0.408 e. The van der Waals surface area contributed by atoms with E-state index in [0.717, 1.165) is 18.5 Å². The number of amides is 1. The number of carbonyl (C=O) groups is 1. The van der Waals surface area contributed by atoms with Crippen LogP contribution in [0.5, 0.6) is 0 Å². The zero-order valence-corrected chi connectivity index (χ0v) is 15.9. The number of piperidine rings is 1. The van der Waals surface area contributed by atoms with E-state index in [9.17, 15) is 9.59 Å². The molecule has 0 unspecified atom stereocenters. The minimum Gasteiger partial charge on any atom is -0.408 e. The van der Waals surface area contributed by atoms with Crippen molar-refractivity contribution >= 4 is 28.6 Å². The average molecular weight is 389 g/mol. The minimum atomic E-state index is -0.404.